The number of nitrogens with one attached hydrogen (secondary N) is 1. The second kappa shape index (κ2) is 5.82. The number of hydrogen-bond acceptors (Lipinski definition) is 3. The molecule has 0 bridgehead atoms. The lowest BCUT2D eigenvalue weighted by molar-refractivity contribution is -0.141. The number of aromatic nitrogens is 2. The van der Waals surface area contributed by atoms with Crippen molar-refractivity contribution < 1.29 is 23.1 Å². The summed E-state index contributed by atoms with van der Waals surface area (Å²) in [5.41, 5.74) is -2.09. The van der Waals surface area contributed by atoms with Crippen LogP contribution < -0.4 is 5.32 Å². The van der Waals surface area contributed by atoms with E-state index >= 15 is 0 Å². The molecule has 20 heavy (non-hydrogen) atoms. The van der Waals surface area contributed by atoms with Gasteiger partial charge in [0.15, 0.2) is 5.69 Å². The summed E-state index contributed by atoms with van der Waals surface area (Å²) in [4.78, 5) is 11.8. The lowest BCUT2D eigenvalue weighted by Gasteiger charge is -2.23. The quantitative estimate of drug-likeness (QED) is 0.866. The highest BCUT2D eigenvalue weighted by Crippen LogP contribution is 2.30. The van der Waals surface area contributed by atoms with Gasteiger partial charge in [-0.25, -0.2) is 0 Å². The topological polar surface area (TPSA) is 67.2 Å². The van der Waals surface area contributed by atoms with E-state index in [1.165, 1.54) is 7.05 Å². The minimum absolute atomic E-state index is 0.0520. The summed E-state index contributed by atoms with van der Waals surface area (Å²) in [6.45, 7) is 3.72. The number of carbonyl (C=O) groups is 1. The van der Waals surface area contributed by atoms with Gasteiger partial charge in [-0.2, -0.15) is 18.3 Å². The third-order valence-corrected chi connectivity index (χ3v) is 2.86. The number of rotatable bonds is 5. The Balaban J connectivity index is 2.84. The summed E-state index contributed by atoms with van der Waals surface area (Å²) < 4.78 is 39.1. The molecule has 0 fully saturated rings. The Morgan fingerprint density at radius 2 is 2.05 bits per heavy atom. The Morgan fingerprint density at radius 3 is 2.55 bits per heavy atom. The van der Waals surface area contributed by atoms with Gasteiger partial charge in [0, 0.05) is 26.4 Å². The molecule has 1 aromatic heterocycles. The minimum atomic E-state index is -4.67. The van der Waals surface area contributed by atoms with E-state index in [-0.39, 0.29) is 13.2 Å². The van der Waals surface area contributed by atoms with Gasteiger partial charge in [0.05, 0.1) is 5.56 Å². The molecule has 0 atom stereocenters. The van der Waals surface area contributed by atoms with Crippen molar-refractivity contribution in [2.45, 2.75) is 26.4 Å². The molecule has 1 aromatic rings. The highest BCUT2D eigenvalue weighted by atomic mass is 19.4. The maximum atomic E-state index is 12.7. The third-order valence-electron chi connectivity index (χ3n) is 2.86. The number of alkyl halides is 3. The minimum Gasteiger partial charge on any atom is -0.396 e. The van der Waals surface area contributed by atoms with Crippen LogP contribution in [0.5, 0.6) is 0 Å². The Hall–Kier alpha value is -1.57. The van der Waals surface area contributed by atoms with Crippen molar-refractivity contribution in [1.82, 2.24) is 15.1 Å². The van der Waals surface area contributed by atoms with Crippen LogP contribution in [0, 0.1) is 5.41 Å². The largest absolute Gasteiger partial charge is 0.435 e. The number of nitrogens with zero attached hydrogens (tertiary/aromatic N) is 2. The van der Waals surface area contributed by atoms with E-state index in [1.807, 2.05) is 0 Å². The van der Waals surface area contributed by atoms with Crippen molar-refractivity contribution in [1.29, 1.82) is 0 Å². The highest BCUT2D eigenvalue weighted by Gasteiger charge is 2.39. The van der Waals surface area contributed by atoms with Gasteiger partial charge in [0.25, 0.3) is 5.91 Å². The lowest BCUT2D eigenvalue weighted by atomic mass is 9.89. The van der Waals surface area contributed by atoms with E-state index in [1.54, 1.807) is 13.8 Å². The van der Waals surface area contributed by atoms with Crippen LogP contribution in [0.1, 0.15) is 36.3 Å². The Labute approximate surface area is 114 Å². The second-order valence-corrected chi connectivity index (χ2v) is 5.38. The van der Waals surface area contributed by atoms with E-state index in [0.29, 0.717) is 6.42 Å². The molecule has 0 aliphatic heterocycles. The molecule has 114 valence electrons. The Bertz CT molecular complexity index is 481. The van der Waals surface area contributed by atoms with Crippen LogP contribution in [0.4, 0.5) is 13.2 Å². The van der Waals surface area contributed by atoms with E-state index in [2.05, 4.69) is 10.4 Å². The predicted molar refractivity (Wildman–Crippen MR) is 66.0 cm³/mol. The SMILES string of the molecule is Cn1cc(C(=O)NCC(C)(C)CCO)c(C(F)(F)F)n1. The van der Waals surface area contributed by atoms with Crippen LogP contribution in [0.2, 0.25) is 0 Å². The average molecular weight is 293 g/mol. The van der Waals surface area contributed by atoms with Crippen molar-refractivity contribution >= 4 is 5.91 Å². The number of amides is 1. The first-order valence-electron chi connectivity index (χ1n) is 6.07. The van der Waals surface area contributed by atoms with Gasteiger partial charge in [-0.1, -0.05) is 13.8 Å². The van der Waals surface area contributed by atoms with Crippen molar-refractivity contribution in [3.8, 4) is 0 Å². The molecule has 1 amide bonds. The number of carbonyl (C=O) groups excluding carboxylic acids is 1. The van der Waals surface area contributed by atoms with Crippen LogP contribution in [-0.2, 0) is 13.2 Å². The fourth-order valence-electron chi connectivity index (χ4n) is 1.67. The first kappa shape index (κ1) is 16.5. The smallest absolute Gasteiger partial charge is 0.396 e. The molecule has 8 heteroatoms. The van der Waals surface area contributed by atoms with Crippen molar-refractivity contribution in [2.75, 3.05) is 13.2 Å². The van der Waals surface area contributed by atoms with E-state index in [4.69, 9.17) is 5.11 Å². The van der Waals surface area contributed by atoms with E-state index in [0.717, 1.165) is 10.9 Å². The molecule has 2 N–H and O–H groups in total. The number of aryl methyl sites for hydroxylation is 1. The summed E-state index contributed by atoms with van der Waals surface area (Å²) in [7, 11) is 1.32. The molecular formula is C12H18F3N3O2. The maximum Gasteiger partial charge on any atom is 0.435 e. The molecule has 0 aliphatic carbocycles. The molecule has 1 rings (SSSR count). The zero-order valence-corrected chi connectivity index (χ0v) is 11.6. The average Bonchev–Trinajstić information content (AvgIpc) is 2.68. The van der Waals surface area contributed by atoms with Gasteiger partial charge in [0.2, 0.25) is 0 Å². The molecule has 0 radical (unpaired) electrons. The number of aliphatic hydroxyl groups excluding tert-OH is 1. The maximum absolute atomic E-state index is 12.7. The van der Waals surface area contributed by atoms with Crippen molar-refractivity contribution in [2.24, 2.45) is 12.5 Å². The third kappa shape index (κ3) is 4.22. The summed E-state index contributed by atoms with van der Waals surface area (Å²) in [5, 5.41) is 14.6. The molecule has 0 spiro atoms. The first-order chi connectivity index (χ1) is 9.07. The molecule has 0 saturated heterocycles. The first-order valence-corrected chi connectivity index (χ1v) is 6.07. The second-order valence-electron chi connectivity index (χ2n) is 5.38. The zero-order chi connectivity index (χ0) is 15.6. The van der Waals surface area contributed by atoms with Crippen LogP contribution in [-0.4, -0.2) is 33.9 Å². The molecule has 0 unspecified atom stereocenters. The molecule has 0 saturated carbocycles. The Morgan fingerprint density at radius 1 is 1.45 bits per heavy atom. The monoisotopic (exact) mass is 293 g/mol. The molecular weight excluding hydrogens is 275 g/mol. The number of halogens is 3. The van der Waals surface area contributed by atoms with Gasteiger partial charge in [-0.05, 0) is 11.8 Å². The normalized spacial score (nSPS) is 12.6. The molecule has 5 nitrogen and oxygen atoms in total. The summed E-state index contributed by atoms with van der Waals surface area (Å²) in [6.07, 6.45) is -3.20. The predicted octanol–water partition coefficient (Wildman–Crippen LogP) is 1.58. The van der Waals surface area contributed by atoms with E-state index in [9.17, 15) is 18.0 Å². The van der Waals surface area contributed by atoms with Crippen LogP contribution in [0.15, 0.2) is 6.20 Å². The standard InChI is InChI=1S/C12H18F3N3O2/c1-11(2,4-5-19)7-16-10(20)8-6-18(3)17-9(8)12(13,14)15/h6,19H,4-5,7H2,1-3H3,(H,16,20). The molecule has 0 aromatic carbocycles. The van der Waals surface area contributed by atoms with Gasteiger partial charge < -0.3 is 10.4 Å². The van der Waals surface area contributed by atoms with E-state index < -0.39 is 28.8 Å². The van der Waals surface area contributed by atoms with Gasteiger partial charge in [-0.15, -0.1) is 0 Å². The number of hydrogen-bond donors (Lipinski definition) is 2. The lowest BCUT2D eigenvalue weighted by Crippen LogP contribution is -2.35. The fraction of sp³-hybridized carbons (Fsp3) is 0.667. The van der Waals surface area contributed by atoms with Gasteiger partial charge in [0.1, 0.15) is 0 Å². The summed E-state index contributed by atoms with van der Waals surface area (Å²) in [6, 6.07) is 0. The molecule has 0 aliphatic rings. The zero-order valence-electron chi connectivity index (χ0n) is 11.6. The van der Waals surface area contributed by atoms with Crippen LogP contribution in [0.3, 0.4) is 0 Å². The van der Waals surface area contributed by atoms with Crippen LogP contribution in [0.25, 0.3) is 0 Å². The van der Waals surface area contributed by atoms with Crippen molar-refractivity contribution in [3.63, 3.8) is 0 Å². The summed E-state index contributed by atoms with van der Waals surface area (Å²) >= 11 is 0. The fourth-order valence-corrected chi connectivity index (χ4v) is 1.67. The summed E-state index contributed by atoms with van der Waals surface area (Å²) in [5.74, 6) is -0.823. The Kier molecular flexibility index (Phi) is 4.80. The number of aliphatic hydroxyl groups is 1. The van der Waals surface area contributed by atoms with Gasteiger partial charge >= 0.3 is 6.18 Å². The molecule has 1 heterocycles. The van der Waals surface area contributed by atoms with Crippen molar-refractivity contribution in [3.05, 3.63) is 17.5 Å². The highest BCUT2D eigenvalue weighted by molar-refractivity contribution is 5.95. The van der Waals surface area contributed by atoms with Crippen LogP contribution >= 0.6 is 0 Å². The van der Waals surface area contributed by atoms with Gasteiger partial charge in [-0.3, -0.25) is 9.48 Å².